The maximum Gasteiger partial charge on any atom is 0.226 e. The summed E-state index contributed by atoms with van der Waals surface area (Å²) in [5, 5.41) is 0.707. The van der Waals surface area contributed by atoms with Gasteiger partial charge < -0.3 is 10.6 Å². The lowest BCUT2D eigenvalue weighted by Gasteiger charge is -2.24. The van der Waals surface area contributed by atoms with Crippen molar-refractivity contribution < 1.29 is 4.79 Å². The van der Waals surface area contributed by atoms with Crippen LogP contribution in [0.2, 0.25) is 5.02 Å². The van der Waals surface area contributed by atoms with E-state index in [2.05, 4.69) is 0 Å². The lowest BCUT2D eigenvalue weighted by molar-refractivity contribution is -0.135. The van der Waals surface area contributed by atoms with Crippen LogP contribution in [0.4, 0.5) is 0 Å². The number of amides is 1. The SMILES string of the molecule is CCN(Cc1ccc(Cl)cc1)C(=O)C(C)CN.Cl. The zero-order chi connectivity index (χ0) is 12.8. The highest BCUT2D eigenvalue weighted by atomic mass is 35.5. The molecule has 1 aromatic rings. The third kappa shape index (κ3) is 4.84. The molecule has 0 saturated heterocycles. The minimum Gasteiger partial charge on any atom is -0.338 e. The summed E-state index contributed by atoms with van der Waals surface area (Å²) in [7, 11) is 0. The average Bonchev–Trinajstić information content (AvgIpc) is 2.36. The molecule has 0 radical (unpaired) electrons. The van der Waals surface area contributed by atoms with E-state index in [1.54, 1.807) is 4.90 Å². The number of carbonyl (C=O) groups is 1. The van der Waals surface area contributed by atoms with Gasteiger partial charge >= 0.3 is 0 Å². The van der Waals surface area contributed by atoms with Crippen molar-refractivity contribution in [1.29, 1.82) is 0 Å². The van der Waals surface area contributed by atoms with E-state index in [0.29, 0.717) is 24.7 Å². The van der Waals surface area contributed by atoms with Crippen LogP contribution >= 0.6 is 24.0 Å². The van der Waals surface area contributed by atoms with E-state index < -0.39 is 0 Å². The van der Waals surface area contributed by atoms with E-state index in [9.17, 15) is 4.79 Å². The first kappa shape index (κ1) is 17.2. The number of rotatable bonds is 5. The van der Waals surface area contributed by atoms with Crippen molar-refractivity contribution in [3.05, 3.63) is 34.9 Å². The Morgan fingerprint density at radius 3 is 2.39 bits per heavy atom. The monoisotopic (exact) mass is 290 g/mol. The number of hydrogen-bond acceptors (Lipinski definition) is 2. The molecule has 0 aromatic heterocycles. The largest absolute Gasteiger partial charge is 0.338 e. The molecule has 1 rings (SSSR count). The lowest BCUT2D eigenvalue weighted by Crippen LogP contribution is -2.37. The summed E-state index contributed by atoms with van der Waals surface area (Å²) < 4.78 is 0. The van der Waals surface area contributed by atoms with Gasteiger partial charge in [-0.05, 0) is 24.6 Å². The Kier molecular flexibility index (Phi) is 8.00. The molecule has 1 atom stereocenters. The van der Waals surface area contributed by atoms with Gasteiger partial charge in [0.05, 0.1) is 0 Å². The average molecular weight is 291 g/mol. The highest BCUT2D eigenvalue weighted by molar-refractivity contribution is 6.30. The Labute approximate surface area is 120 Å². The summed E-state index contributed by atoms with van der Waals surface area (Å²) in [6.45, 7) is 5.50. The summed E-state index contributed by atoms with van der Waals surface area (Å²) in [5.74, 6) is -0.0211. The maximum atomic E-state index is 12.0. The third-order valence-corrected chi connectivity index (χ3v) is 3.01. The van der Waals surface area contributed by atoms with Crippen molar-refractivity contribution in [1.82, 2.24) is 4.90 Å². The van der Waals surface area contributed by atoms with E-state index in [-0.39, 0.29) is 24.2 Å². The van der Waals surface area contributed by atoms with Gasteiger partial charge in [-0.1, -0.05) is 30.7 Å². The van der Waals surface area contributed by atoms with Gasteiger partial charge in [-0.2, -0.15) is 0 Å². The van der Waals surface area contributed by atoms with Crippen LogP contribution in [0.15, 0.2) is 24.3 Å². The van der Waals surface area contributed by atoms with Crippen LogP contribution < -0.4 is 5.73 Å². The number of benzene rings is 1. The smallest absolute Gasteiger partial charge is 0.226 e. The third-order valence-electron chi connectivity index (χ3n) is 2.76. The van der Waals surface area contributed by atoms with Crippen LogP contribution in [0.5, 0.6) is 0 Å². The molecular weight excluding hydrogens is 271 g/mol. The highest BCUT2D eigenvalue weighted by Crippen LogP contribution is 2.12. The number of nitrogens with zero attached hydrogens (tertiary/aromatic N) is 1. The van der Waals surface area contributed by atoms with Crippen LogP contribution in [-0.4, -0.2) is 23.9 Å². The molecule has 1 amide bonds. The van der Waals surface area contributed by atoms with Crippen LogP contribution in [0.1, 0.15) is 19.4 Å². The minimum atomic E-state index is -0.123. The minimum absolute atomic E-state index is 0. The van der Waals surface area contributed by atoms with Crippen LogP contribution in [0, 0.1) is 5.92 Å². The van der Waals surface area contributed by atoms with Crippen molar-refractivity contribution in [2.75, 3.05) is 13.1 Å². The standard InChI is InChI=1S/C13H19ClN2O.ClH/c1-3-16(13(17)10(2)8-15)9-11-4-6-12(14)7-5-11;/h4-7,10H,3,8-9,15H2,1-2H3;1H. The fourth-order valence-corrected chi connectivity index (χ4v) is 1.69. The van der Waals surface area contributed by atoms with Crippen molar-refractivity contribution >= 4 is 29.9 Å². The predicted molar refractivity (Wildman–Crippen MR) is 78.0 cm³/mol. The van der Waals surface area contributed by atoms with Gasteiger partial charge in [0.2, 0.25) is 5.91 Å². The summed E-state index contributed by atoms with van der Waals surface area (Å²) in [6, 6.07) is 7.54. The van der Waals surface area contributed by atoms with Gasteiger partial charge in [0.25, 0.3) is 0 Å². The molecule has 5 heteroatoms. The van der Waals surface area contributed by atoms with Crippen LogP contribution in [-0.2, 0) is 11.3 Å². The first-order valence-corrected chi connectivity index (χ1v) is 6.19. The Balaban J connectivity index is 0.00000289. The van der Waals surface area contributed by atoms with Crippen molar-refractivity contribution in [3.8, 4) is 0 Å². The van der Waals surface area contributed by atoms with E-state index in [1.807, 2.05) is 38.1 Å². The lowest BCUT2D eigenvalue weighted by atomic mass is 10.1. The maximum absolute atomic E-state index is 12.0. The molecule has 0 fully saturated rings. The Morgan fingerprint density at radius 1 is 1.39 bits per heavy atom. The number of nitrogens with two attached hydrogens (primary N) is 1. The predicted octanol–water partition coefficient (Wildman–Crippen LogP) is 2.71. The summed E-state index contributed by atoms with van der Waals surface area (Å²) >= 11 is 5.82. The fraction of sp³-hybridized carbons (Fsp3) is 0.462. The molecule has 0 bridgehead atoms. The topological polar surface area (TPSA) is 46.3 Å². The summed E-state index contributed by atoms with van der Waals surface area (Å²) in [6.07, 6.45) is 0. The Morgan fingerprint density at radius 2 is 1.94 bits per heavy atom. The van der Waals surface area contributed by atoms with Crippen LogP contribution in [0.3, 0.4) is 0 Å². The van der Waals surface area contributed by atoms with E-state index in [4.69, 9.17) is 17.3 Å². The molecule has 18 heavy (non-hydrogen) atoms. The number of hydrogen-bond donors (Lipinski definition) is 1. The van der Waals surface area contributed by atoms with Crippen LogP contribution in [0.25, 0.3) is 0 Å². The molecule has 0 spiro atoms. The Hall–Kier alpha value is -0.770. The Bertz CT molecular complexity index is 368. The highest BCUT2D eigenvalue weighted by Gasteiger charge is 2.17. The number of halogens is 2. The fourth-order valence-electron chi connectivity index (χ4n) is 1.57. The molecule has 1 unspecified atom stereocenters. The molecule has 1 aromatic carbocycles. The quantitative estimate of drug-likeness (QED) is 0.906. The van der Waals surface area contributed by atoms with Crippen molar-refractivity contribution in [2.24, 2.45) is 11.7 Å². The molecule has 0 aliphatic carbocycles. The molecule has 2 N–H and O–H groups in total. The van der Waals surface area contributed by atoms with Gasteiger partial charge in [0.1, 0.15) is 0 Å². The molecule has 102 valence electrons. The molecule has 0 aliphatic rings. The molecular formula is C13H20Cl2N2O. The second-order valence-electron chi connectivity index (χ2n) is 4.12. The summed E-state index contributed by atoms with van der Waals surface area (Å²) in [5.41, 5.74) is 6.59. The molecule has 3 nitrogen and oxygen atoms in total. The van der Waals surface area contributed by atoms with Crippen molar-refractivity contribution in [2.45, 2.75) is 20.4 Å². The second-order valence-corrected chi connectivity index (χ2v) is 4.55. The molecule has 0 heterocycles. The van der Waals surface area contributed by atoms with E-state index >= 15 is 0 Å². The molecule has 0 saturated carbocycles. The first-order chi connectivity index (χ1) is 8.08. The van der Waals surface area contributed by atoms with Gasteiger partial charge in [-0.25, -0.2) is 0 Å². The molecule has 0 aliphatic heterocycles. The van der Waals surface area contributed by atoms with E-state index in [0.717, 1.165) is 5.56 Å². The van der Waals surface area contributed by atoms with Gasteiger partial charge in [0.15, 0.2) is 0 Å². The second kappa shape index (κ2) is 8.35. The summed E-state index contributed by atoms with van der Waals surface area (Å²) in [4.78, 5) is 13.8. The van der Waals surface area contributed by atoms with Gasteiger partial charge in [0, 0.05) is 30.6 Å². The zero-order valence-electron chi connectivity index (χ0n) is 10.7. The zero-order valence-corrected chi connectivity index (χ0v) is 12.3. The normalized spacial score (nSPS) is 11.6. The van der Waals surface area contributed by atoms with E-state index in [1.165, 1.54) is 0 Å². The van der Waals surface area contributed by atoms with Crippen molar-refractivity contribution in [3.63, 3.8) is 0 Å². The number of carbonyl (C=O) groups excluding carboxylic acids is 1. The first-order valence-electron chi connectivity index (χ1n) is 5.81. The van der Waals surface area contributed by atoms with Gasteiger partial charge in [-0.3, -0.25) is 4.79 Å². The van der Waals surface area contributed by atoms with Gasteiger partial charge in [-0.15, -0.1) is 12.4 Å².